The molecule has 1 heterocycles. The zero-order chi connectivity index (χ0) is 15.4. The Hall–Kier alpha value is -3.15. The van der Waals surface area contributed by atoms with Crippen LogP contribution in [0.25, 0.3) is 0 Å². The fourth-order valence-electron chi connectivity index (χ4n) is 1.80. The Morgan fingerprint density at radius 3 is 3.00 bits per heavy atom. The summed E-state index contributed by atoms with van der Waals surface area (Å²) < 4.78 is 0. The van der Waals surface area contributed by atoms with Gasteiger partial charge >= 0.3 is 0 Å². The Morgan fingerprint density at radius 1 is 1.67 bits per heavy atom. The van der Waals surface area contributed by atoms with Crippen LogP contribution >= 0.6 is 0 Å². The summed E-state index contributed by atoms with van der Waals surface area (Å²) >= 11 is 0. The third-order valence-corrected chi connectivity index (χ3v) is 2.87. The molecule has 1 unspecified atom stereocenters. The average Bonchev–Trinajstić information content (AvgIpc) is 2.93. The summed E-state index contributed by atoms with van der Waals surface area (Å²) in [4.78, 5) is 26.0. The maximum absolute atomic E-state index is 10.9. The lowest BCUT2D eigenvalue weighted by Gasteiger charge is -2.11. The third-order valence-electron chi connectivity index (χ3n) is 2.87. The van der Waals surface area contributed by atoms with Gasteiger partial charge in [-0.2, -0.15) is 5.26 Å². The van der Waals surface area contributed by atoms with Gasteiger partial charge in [0, 0.05) is 18.6 Å². The number of hydrogen-bond acceptors (Lipinski definition) is 7. The number of nitrogens with one attached hydrogen (secondary N) is 1. The van der Waals surface area contributed by atoms with Gasteiger partial charge in [-0.25, -0.2) is 0 Å². The van der Waals surface area contributed by atoms with Gasteiger partial charge < -0.3 is 15.9 Å². The van der Waals surface area contributed by atoms with Crippen LogP contribution < -0.4 is 11.1 Å². The highest BCUT2D eigenvalue weighted by Gasteiger charge is 2.24. The van der Waals surface area contributed by atoms with Crippen LogP contribution in [0.15, 0.2) is 23.4 Å². The molecule has 1 aliphatic rings. The van der Waals surface area contributed by atoms with Gasteiger partial charge in [0.2, 0.25) is 0 Å². The summed E-state index contributed by atoms with van der Waals surface area (Å²) in [6.45, 7) is 0.284. The second-order valence-corrected chi connectivity index (χ2v) is 4.31. The highest BCUT2D eigenvalue weighted by Crippen LogP contribution is 2.22. The van der Waals surface area contributed by atoms with E-state index in [1.54, 1.807) is 0 Å². The lowest BCUT2D eigenvalue weighted by molar-refractivity contribution is -0.384. The molecule has 0 saturated carbocycles. The predicted octanol–water partition coefficient (Wildman–Crippen LogP) is 0.509. The maximum Gasteiger partial charge on any atom is 0.270 e. The van der Waals surface area contributed by atoms with Crippen molar-refractivity contribution in [1.29, 1.82) is 5.26 Å². The minimum atomic E-state index is -0.634. The van der Waals surface area contributed by atoms with E-state index in [1.807, 2.05) is 6.07 Å². The average molecular weight is 289 g/mol. The van der Waals surface area contributed by atoms with Crippen molar-refractivity contribution in [3.63, 3.8) is 0 Å². The molecule has 21 heavy (non-hydrogen) atoms. The molecule has 1 amide bonds. The van der Waals surface area contributed by atoms with E-state index in [4.69, 9.17) is 15.8 Å². The van der Waals surface area contributed by atoms with Crippen molar-refractivity contribution >= 4 is 23.0 Å². The van der Waals surface area contributed by atoms with E-state index < -0.39 is 10.8 Å². The number of carbonyl (C=O) groups is 1. The first-order chi connectivity index (χ1) is 10.0. The van der Waals surface area contributed by atoms with Crippen molar-refractivity contribution in [2.75, 3.05) is 11.9 Å². The van der Waals surface area contributed by atoms with Gasteiger partial charge in [0.1, 0.15) is 11.8 Å². The number of rotatable bonds is 5. The smallest absolute Gasteiger partial charge is 0.270 e. The first kappa shape index (κ1) is 14.3. The van der Waals surface area contributed by atoms with E-state index >= 15 is 0 Å². The molecule has 3 N–H and O–H groups in total. The van der Waals surface area contributed by atoms with Gasteiger partial charge in [-0.15, -0.1) is 0 Å². The summed E-state index contributed by atoms with van der Waals surface area (Å²) in [5, 5.41) is 26.1. The van der Waals surface area contributed by atoms with Gasteiger partial charge in [0.25, 0.3) is 11.6 Å². The zero-order valence-electron chi connectivity index (χ0n) is 10.8. The fourth-order valence-corrected chi connectivity index (χ4v) is 1.80. The summed E-state index contributed by atoms with van der Waals surface area (Å²) in [6.07, 6.45) is -0.105. The summed E-state index contributed by atoms with van der Waals surface area (Å²) in [6, 6.07) is 5.81. The van der Waals surface area contributed by atoms with Crippen molar-refractivity contribution in [2.45, 2.75) is 12.5 Å². The Balaban J connectivity index is 2.00. The Kier molecular flexibility index (Phi) is 3.99. The highest BCUT2D eigenvalue weighted by atomic mass is 16.6. The zero-order valence-corrected chi connectivity index (χ0v) is 10.8. The van der Waals surface area contributed by atoms with Crippen LogP contribution in [0.4, 0.5) is 11.4 Å². The first-order valence-electron chi connectivity index (χ1n) is 5.96. The number of anilines is 1. The number of nitro benzene ring substituents is 1. The molecule has 0 saturated heterocycles. The van der Waals surface area contributed by atoms with Crippen LogP contribution in [0, 0.1) is 21.4 Å². The lowest BCUT2D eigenvalue weighted by Crippen LogP contribution is -2.26. The van der Waals surface area contributed by atoms with Crippen LogP contribution in [0.1, 0.15) is 12.0 Å². The Bertz CT molecular complexity index is 664. The number of hydrogen-bond donors (Lipinski definition) is 2. The van der Waals surface area contributed by atoms with E-state index in [0.29, 0.717) is 5.69 Å². The standard InChI is InChI=1S/C12H11N5O4/c13-5-7-3-8(17(19)20)1-2-10(7)15-6-9-4-11(12(14)18)16-21-9/h1-3,9,15H,4,6H2,(H2,14,18). The fraction of sp³-hybridized carbons (Fsp3) is 0.250. The van der Waals surface area contributed by atoms with E-state index in [9.17, 15) is 14.9 Å². The van der Waals surface area contributed by atoms with Crippen LogP contribution in [0.2, 0.25) is 0 Å². The van der Waals surface area contributed by atoms with Gasteiger partial charge in [-0.3, -0.25) is 14.9 Å². The molecular formula is C12H11N5O4. The second-order valence-electron chi connectivity index (χ2n) is 4.31. The van der Waals surface area contributed by atoms with Gasteiger partial charge in [-0.1, -0.05) is 5.16 Å². The molecule has 2 rings (SSSR count). The summed E-state index contributed by atoms with van der Waals surface area (Å²) in [7, 11) is 0. The molecule has 0 aromatic heterocycles. The van der Waals surface area contributed by atoms with Gasteiger partial charge in [0.15, 0.2) is 6.10 Å². The van der Waals surface area contributed by atoms with Crippen molar-refractivity contribution in [3.8, 4) is 6.07 Å². The molecule has 0 bridgehead atoms. The molecule has 9 heteroatoms. The minimum absolute atomic E-state index is 0.151. The molecular weight excluding hydrogens is 278 g/mol. The number of amides is 1. The molecule has 0 spiro atoms. The molecule has 1 atom stereocenters. The van der Waals surface area contributed by atoms with Gasteiger partial charge in [-0.05, 0) is 6.07 Å². The number of benzene rings is 1. The quantitative estimate of drug-likeness (QED) is 0.596. The number of nitro groups is 1. The second kappa shape index (κ2) is 5.87. The van der Waals surface area contributed by atoms with E-state index in [2.05, 4.69) is 10.5 Å². The molecule has 108 valence electrons. The topological polar surface area (TPSA) is 144 Å². The number of nitriles is 1. The van der Waals surface area contributed by atoms with Crippen LogP contribution in [-0.2, 0) is 9.63 Å². The summed E-state index contributed by atoms with van der Waals surface area (Å²) in [5.41, 5.74) is 5.68. The summed E-state index contributed by atoms with van der Waals surface area (Å²) in [5.74, 6) is -0.634. The molecule has 1 aromatic rings. The van der Waals surface area contributed by atoms with E-state index in [0.717, 1.165) is 0 Å². The van der Waals surface area contributed by atoms with Crippen LogP contribution in [0.5, 0.6) is 0 Å². The molecule has 0 radical (unpaired) electrons. The number of non-ortho nitro benzene ring substituents is 1. The van der Waals surface area contributed by atoms with Crippen molar-refractivity contribution < 1.29 is 14.6 Å². The maximum atomic E-state index is 10.9. The van der Waals surface area contributed by atoms with Gasteiger partial charge in [0.05, 0.1) is 22.7 Å². The number of oxime groups is 1. The molecule has 0 fully saturated rings. The molecule has 1 aliphatic heterocycles. The number of primary amides is 1. The monoisotopic (exact) mass is 289 g/mol. The minimum Gasteiger partial charge on any atom is -0.390 e. The normalized spacial score (nSPS) is 16.5. The van der Waals surface area contributed by atoms with Crippen LogP contribution in [0.3, 0.4) is 0 Å². The highest BCUT2D eigenvalue weighted by molar-refractivity contribution is 6.38. The molecule has 1 aromatic carbocycles. The molecule has 0 aliphatic carbocycles. The molecule has 9 nitrogen and oxygen atoms in total. The first-order valence-corrected chi connectivity index (χ1v) is 5.96. The Morgan fingerprint density at radius 2 is 2.43 bits per heavy atom. The Labute approximate surface area is 119 Å². The van der Waals surface area contributed by atoms with Crippen molar-refractivity contribution in [1.82, 2.24) is 0 Å². The SMILES string of the molecule is N#Cc1cc([N+](=O)[O-])ccc1NCC1CC(C(N)=O)=NO1. The third kappa shape index (κ3) is 3.24. The number of nitrogens with two attached hydrogens (primary N) is 1. The van der Waals surface area contributed by atoms with Crippen LogP contribution in [-0.4, -0.2) is 29.2 Å². The number of carbonyl (C=O) groups excluding carboxylic acids is 1. The van der Waals surface area contributed by atoms with Crippen molar-refractivity contribution in [3.05, 3.63) is 33.9 Å². The van der Waals surface area contributed by atoms with Crippen molar-refractivity contribution in [2.24, 2.45) is 10.9 Å². The van der Waals surface area contributed by atoms with E-state index in [-0.39, 0.29) is 36.0 Å². The predicted molar refractivity (Wildman–Crippen MR) is 72.4 cm³/mol. The van der Waals surface area contributed by atoms with E-state index in [1.165, 1.54) is 18.2 Å². The largest absolute Gasteiger partial charge is 0.390 e. The lowest BCUT2D eigenvalue weighted by atomic mass is 10.1. The number of nitrogens with zero attached hydrogens (tertiary/aromatic N) is 3.